The maximum atomic E-state index is 11.9. The first-order valence-corrected chi connectivity index (χ1v) is 8.53. The molecule has 20 heavy (non-hydrogen) atoms. The molecule has 2 N–H and O–H groups in total. The van der Waals surface area contributed by atoms with Gasteiger partial charge in [0.05, 0.1) is 5.75 Å². The summed E-state index contributed by atoms with van der Waals surface area (Å²) in [5.74, 6) is 0.671. The third-order valence-corrected chi connectivity index (χ3v) is 4.83. The van der Waals surface area contributed by atoms with E-state index in [1.807, 2.05) is 30.3 Å². The molecule has 1 unspecified atom stereocenters. The Hall–Kier alpha value is -0.620. The first-order valence-electron chi connectivity index (χ1n) is 6.88. The van der Waals surface area contributed by atoms with Crippen molar-refractivity contribution in [3.63, 3.8) is 0 Å². The predicted octanol–water partition coefficient (Wildman–Crippen LogP) is 1.92. The number of benzene rings is 1. The van der Waals surface area contributed by atoms with Gasteiger partial charge >= 0.3 is 0 Å². The molecule has 6 heteroatoms. The molecule has 1 heterocycles. The highest BCUT2D eigenvalue weighted by atomic mass is 35.5. The fourth-order valence-corrected chi connectivity index (χ4v) is 3.60. The number of hydrogen-bond acceptors (Lipinski definition) is 3. The topological polar surface area (TPSA) is 58.2 Å². The minimum atomic E-state index is -3.21. The van der Waals surface area contributed by atoms with Gasteiger partial charge in [0, 0.05) is 6.54 Å². The van der Waals surface area contributed by atoms with Crippen LogP contribution in [0.1, 0.15) is 24.8 Å². The molecule has 1 fully saturated rings. The second-order valence-corrected chi connectivity index (χ2v) is 6.95. The van der Waals surface area contributed by atoms with Crippen LogP contribution >= 0.6 is 12.4 Å². The van der Waals surface area contributed by atoms with Crippen molar-refractivity contribution in [2.24, 2.45) is 5.92 Å². The van der Waals surface area contributed by atoms with E-state index < -0.39 is 10.0 Å². The Morgan fingerprint density at radius 1 is 1.25 bits per heavy atom. The molecular weight excluding hydrogens is 296 g/mol. The van der Waals surface area contributed by atoms with Gasteiger partial charge in [-0.2, -0.15) is 0 Å². The summed E-state index contributed by atoms with van der Waals surface area (Å²) in [6, 6.07) is 9.28. The van der Waals surface area contributed by atoms with Crippen molar-refractivity contribution in [3.05, 3.63) is 35.9 Å². The molecule has 1 atom stereocenters. The van der Waals surface area contributed by atoms with Gasteiger partial charge < -0.3 is 5.32 Å². The average molecular weight is 319 g/mol. The molecule has 114 valence electrons. The molecule has 0 aromatic heterocycles. The SMILES string of the molecule is Cl.O=S(=O)(Cc1ccccc1)NCCC1CCCNC1. The Morgan fingerprint density at radius 2 is 2.00 bits per heavy atom. The van der Waals surface area contributed by atoms with Crippen LogP contribution in [0.3, 0.4) is 0 Å². The third-order valence-electron chi connectivity index (χ3n) is 3.47. The van der Waals surface area contributed by atoms with Gasteiger partial charge in [-0.05, 0) is 43.8 Å². The molecule has 1 aliphatic heterocycles. The molecule has 0 saturated carbocycles. The molecule has 0 aliphatic carbocycles. The Kier molecular flexibility index (Phi) is 7.51. The summed E-state index contributed by atoms with van der Waals surface area (Å²) in [6.07, 6.45) is 3.32. The molecule has 0 bridgehead atoms. The van der Waals surface area contributed by atoms with Gasteiger partial charge in [0.2, 0.25) is 10.0 Å². The average Bonchev–Trinajstić information content (AvgIpc) is 2.40. The number of hydrogen-bond donors (Lipinski definition) is 2. The summed E-state index contributed by atoms with van der Waals surface area (Å²) in [5, 5.41) is 3.35. The molecule has 0 amide bonds. The van der Waals surface area contributed by atoms with Crippen molar-refractivity contribution in [2.45, 2.75) is 25.0 Å². The van der Waals surface area contributed by atoms with Crippen LogP contribution in [0.2, 0.25) is 0 Å². The second kappa shape index (κ2) is 8.62. The molecule has 4 nitrogen and oxygen atoms in total. The molecular formula is C14H23ClN2O2S. The third kappa shape index (κ3) is 6.22. The zero-order valence-electron chi connectivity index (χ0n) is 11.5. The van der Waals surface area contributed by atoms with Crippen LogP contribution in [0.4, 0.5) is 0 Å². The van der Waals surface area contributed by atoms with Gasteiger partial charge in [-0.15, -0.1) is 12.4 Å². The molecule has 2 rings (SSSR count). The van der Waals surface area contributed by atoms with Crippen molar-refractivity contribution in [1.82, 2.24) is 10.0 Å². The normalized spacial score (nSPS) is 19.3. The van der Waals surface area contributed by atoms with Gasteiger partial charge in [-0.1, -0.05) is 30.3 Å². The van der Waals surface area contributed by atoms with E-state index in [4.69, 9.17) is 0 Å². The van der Waals surface area contributed by atoms with Gasteiger partial charge in [0.1, 0.15) is 0 Å². The number of piperidine rings is 1. The summed E-state index contributed by atoms with van der Waals surface area (Å²) in [7, 11) is -3.21. The van der Waals surface area contributed by atoms with E-state index in [0.717, 1.165) is 25.1 Å². The van der Waals surface area contributed by atoms with Crippen LogP contribution < -0.4 is 10.0 Å². The highest BCUT2D eigenvalue weighted by Gasteiger charge is 2.15. The number of halogens is 1. The van der Waals surface area contributed by atoms with E-state index in [9.17, 15) is 8.42 Å². The van der Waals surface area contributed by atoms with E-state index in [1.54, 1.807) is 0 Å². The molecule has 0 radical (unpaired) electrons. The monoisotopic (exact) mass is 318 g/mol. The van der Waals surface area contributed by atoms with Crippen molar-refractivity contribution >= 4 is 22.4 Å². The van der Waals surface area contributed by atoms with E-state index in [-0.39, 0.29) is 18.2 Å². The van der Waals surface area contributed by atoms with Crippen LogP contribution in [0, 0.1) is 5.92 Å². The first-order chi connectivity index (χ1) is 9.16. The summed E-state index contributed by atoms with van der Waals surface area (Å²) in [6.45, 7) is 2.65. The number of rotatable bonds is 6. The zero-order valence-corrected chi connectivity index (χ0v) is 13.2. The van der Waals surface area contributed by atoms with E-state index in [2.05, 4.69) is 10.0 Å². The predicted molar refractivity (Wildman–Crippen MR) is 84.5 cm³/mol. The minimum Gasteiger partial charge on any atom is -0.316 e. The Labute approximate surface area is 127 Å². The Bertz CT molecular complexity index is 473. The summed E-state index contributed by atoms with van der Waals surface area (Å²) < 4.78 is 26.5. The molecule has 0 spiro atoms. The van der Waals surface area contributed by atoms with E-state index in [0.29, 0.717) is 12.5 Å². The lowest BCUT2D eigenvalue weighted by atomic mass is 9.96. The maximum Gasteiger partial charge on any atom is 0.215 e. The zero-order chi connectivity index (χ0) is 13.6. The lowest BCUT2D eigenvalue weighted by Gasteiger charge is -2.22. The highest BCUT2D eigenvalue weighted by Crippen LogP contribution is 2.13. The second-order valence-electron chi connectivity index (χ2n) is 5.14. The Morgan fingerprint density at radius 3 is 2.65 bits per heavy atom. The van der Waals surface area contributed by atoms with Crippen molar-refractivity contribution < 1.29 is 8.42 Å². The smallest absolute Gasteiger partial charge is 0.215 e. The largest absolute Gasteiger partial charge is 0.316 e. The quantitative estimate of drug-likeness (QED) is 0.842. The van der Waals surface area contributed by atoms with Crippen LogP contribution in [0.25, 0.3) is 0 Å². The van der Waals surface area contributed by atoms with Crippen LogP contribution in [-0.4, -0.2) is 28.1 Å². The number of nitrogens with one attached hydrogen (secondary N) is 2. The fraction of sp³-hybridized carbons (Fsp3) is 0.571. The van der Waals surface area contributed by atoms with Gasteiger partial charge in [0.25, 0.3) is 0 Å². The van der Waals surface area contributed by atoms with Crippen molar-refractivity contribution in [3.8, 4) is 0 Å². The summed E-state index contributed by atoms with van der Waals surface area (Å²) >= 11 is 0. The van der Waals surface area contributed by atoms with Gasteiger partial charge in [0.15, 0.2) is 0 Å². The van der Waals surface area contributed by atoms with Crippen molar-refractivity contribution in [1.29, 1.82) is 0 Å². The summed E-state index contributed by atoms with van der Waals surface area (Å²) in [4.78, 5) is 0. The van der Waals surface area contributed by atoms with E-state index in [1.165, 1.54) is 12.8 Å². The first kappa shape index (κ1) is 17.4. The molecule has 1 aromatic carbocycles. The van der Waals surface area contributed by atoms with Crippen LogP contribution in [0.5, 0.6) is 0 Å². The van der Waals surface area contributed by atoms with Crippen LogP contribution in [0.15, 0.2) is 30.3 Å². The number of sulfonamides is 1. The Balaban J connectivity index is 0.00000200. The summed E-state index contributed by atoms with van der Waals surface area (Å²) in [5.41, 5.74) is 0.828. The standard InChI is InChI=1S/C14H22N2O2S.ClH/c17-19(18,12-14-5-2-1-3-6-14)16-10-8-13-7-4-9-15-11-13;/h1-3,5-6,13,15-16H,4,7-12H2;1H. The molecule has 1 aliphatic rings. The molecule has 1 aromatic rings. The lowest BCUT2D eigenvalue weighted by molar-refractivity contribution is 0.358. The van der Waals surface area contributed by atoms with E-state index >= 15 is 0 Å². The van der Waals surface area contributed by atoms with Gasteiger partial charge in [-0.25, -0.2) is 13.1 Å². The molecule has 1 saturated heterocycles. The minimum absolute atomic E-state index is 0. The maximum absolute atomic E-state index is 11.9. The van der Waals surface area contributed by atoms with Crippen LogP contribution in [-0.2, 0) is 15.8 Å². The van der Waals surface area contributed by atoms with Crippen molar-refractivity contribution in [2.75, 3.05) is 19.6 Å². The highest BCUT2D eigenvalue weighted by molar-refractivity contribution is 7.88. The lowest BCUT2D eigenvalue weighted by Crippen LogP contribution is -2.33. The van der Waals surface area contributed by atoms with Gasteiger partial charge in [-0.3, -0.25) is 0 Å². The fourth-order valence-electron chi connectivity index (χ4n) is 2.43.